The summed E-state index contributed by atoms with van der Waals surface area (Å²) in [4.78, 5) is 14.5. The molecule has 1 unspecified atom stereocenters. The van der Waals surface area contributed by atoms with Crippen LogP contribution in [0.4, 0.5) is 0 Å². The van der Waals surface area contributed by atoms with Gasteiger partial charge in [0.1, 0.15) is 0 Å². The minimum Gasteiger partial charge on any atom is -0.390 e. The van der Waals surface area contributed by atoms with Crippen molar-refractivity contribution in [2.24, 2.45) is 7.05 Å². The Morgan fingerprint density at radius 2 is 2.00 bits per heavy atom. The molecule has 120 valence electrons. The van der Waals surface area contributed by atoms with Crippen LogP contribution >= 0.6 is 11.6 Å². The Morgan fingerprint density at radius 1 is 1.27 bits per heavy atom. The summed E-state index contributed by atoms with van der Waals surface area (Å²) < 4.78 is 8.46. The number of hydrogen-bond acceptors (Lipinski definition) is 4. The second-order valence-corrected chi connectivity index (χ2v) is 6.09. The molecule has 0 radical (unpaired) electrons. The normalized spacial score (nSPS) is 18.0. The number of fused-ring (bicyclic) bond motifs is 1. The zero-order valence-electron chi connectivity index (χ0n) is 12.5. The third-order valence-corrected chi connectivity index (χ3v) is 4.31. The first-order chi connectivity index (χ1) is 10.6. The van der Waals surface area contributed by atoms with Gasteiger partial charge in [-0.15, -0.1) is 0 Å². The molecule has 2 heterocycles. The van der Waals surface area contributed by atoms with Gasteiger partial charge in [-0.1, -0.05) is 11.6 Å². The number of benzene rings is 1. The minimum atomic E-state index is -0.600. The third-order valence-electron chi connectivity index (χ3n) is 4.07. The number of aliphatic hydroxyl groups is 1. The Bertz CT molecular complexity index is 719. The lowest BCUT2D eigenvalue weighted by atomic mass is 10.2. The van der Waals surface area contributed by atoms with Crippen molar-refractivity contribution in [1.29, 1.82) is 0 Å². The monoisotopic (exact) mass is 325 g/mol. The molecule has 1 fully saturated rings. The highest BCUT2D eigenvalue weighted by Gasteiger charge is 2.18. The first-order valence-corrected chi connectivity index (χ1v) is 7.77. The summed E-state index contributed by atoms with van der Waals surface area (Å²) in [5.74, 6) is 0. The number of β-amino-alcohol motifs (C(OH)–C–C–N with tert-alkyl or cyclic N) is 1. The van der Waals surface area contributed by atoms with Crippen LogP contribution in [0.3, 0.4) is 0 Å². The summed E-state index contributed by atoms with van der Waals surface area (Å²) in [7, 11) is 1.71. The molecule has 3 rings (SSSR count). The molecule has 6 nitrogen and oxygen atoms in total. The molecule has 1 N–H and O–H groups in total. The molecule has 1 aliphatic rings. The number of hydrogen-bond donors (Lipinski definition) is 1. The minimum absolute atomic E-state index is 0.140. The van der Waals surface area contributed by atoms with Gasteiger partial charge in [-0.25, -0.2) is 4.79 Å². The van der Waals surface area contributed by atoms with Crippen LogP contribution in [-0.2, 0) is 18.3 Å². The zero-order valence-corrected chi connectivity index (χ0v) is 13.3. The van der Waals surface area contributed by atoms with Crippen LogP contribution in [0.1, 0.15) is 0 Å². The first-order valence-electron chi connectivity index (χ1n) is 7.39. The lowest BCUT2D eigenvalue weighted by Gasteiger charge is -2.28. The van der Waals surface area contributed by atoms with E-state index in [-0.39, 0.29) is 12.2 Å². The number of nitrogens with zero attached hydrogens (tertiary/aromatic N) is 3. The van der Waals surface area contributed by atoms with Gasteiger partial charge in [0.25, 0.3) is 0 Å². The lowest BCUT2D eigenvalue weighted by Crippen LogP contribution is -2.42. The van der Waals surface area contributed by atoms with Gasteiger partial charge in [0.15, 0.2) is 0 Å². The number of ether oxygens (including phenoxy) is 1. The van der Waals surface area contributed by atoms with Crippen molar-refractivity contribution in [2.45, 2.75) is 12.6 Å². The highest BCUT2D eigenvalue weighted by Crippen LogP contribution is 2.18. The highest BCUT2D eigenvalue weighted by atomic mass is 35.5. The molecule has 1 saturated heterocycles. The van der Waals surface area contributed by atoms with Gasteiger partial charge < -0.3 is 9.84 Å². The third kappa shape index (κ3) is 3.05. The van der Waals surface area contributed by atoms with Crippen molar-refractivity contribution < 1.29 is 9.84 Å². The Morgan fingerprint density at radius 3 is 2.73 bits per heavy atom. The highest BCUT2D eigenvalue weighted by molar-refractivity contribution is 6.31. The summed E-state index contributed by atoms with van der Waals surface area (Å²) >= 11 is 5.99. The lowest BCUT2D eigenvalue weighted by molar-refractivity contribution is 0.0115. The maximum Gasteiger partial charge on any atom is 0.328 e. The van der Waals surface area contributed by atoms with Crippen LogP contribution in [0.15, 0.2) is 23.0 Å². The second-order valence-electron chi connectivity index (χ2n) is 5.65. The van der Waals surface area contributed by atoms with E-state index in [0.717, 1.165) is 24.1 Å². The molecule has 22 heavy (non-hydrogen) atoms. The van der Waals surface area contributed by atoms with Crippen molar-refractivity contribution in [3.05, 3.63) is 33.7 Å². The Kier molecular flexibility index (Phi) is 4.54. The molecular weight excluding hydrogens is 306 g/mol. The zero-order chi connectivity index (χ0) is 15.7. The molecule has 1 aliphatic heterocycles. The van der Waals surface area contributed by atoms with Crippen LogP contribution in [0.2, 0.25) is 5.02 Å². The summed E-state index contributed by atoms with van der Waals surface area (Å²) in [5, 5.41) is 10.9. The smallest absolute Gasteiger partial charge is 0.328 e. The Labute approximate surface area is 133 Å². The molecule has 0 amide bonds. The molecule has 7 heteroatoms. The number of aryl methyl sites for hydroxylation is 1. The molecule has 1 aromatic carbocycles. The molecule has 0 aliphatic carbocycles. The average molecular weight is 326 g/mol. The maximum atomic E-state index is 12.4. The second kappa shape index (κ2) is 6.42. The number of morpholine rings is 1. The van der Waals surface area contributed by atoms with E-state index >= 15 is 0 Å². The summed E-state index contributed by atoms with van der Waals surface area (Å²) in [6, 6.07) is 5.35. The van der Waals surface area contributed by atoms with Crippen molar-refractivity contribution in [2.75, 3.05) is 32.8 Å². The van der Waals surface area contributed by atoms with E-state index in [1.54, 1.807) is 28.3 Å². The topological polar surface area (TPSA) is 59.6 Å². The summed E-state index contributed by atoms with van der Waals surface area (Å²) in [5.41, 5.74) is 1.42. The van der Waals surface area contributed by atoms with Gasteiger partial charge in [0, 0.05) is 31.7 Å². The van der Waals surface area contributed by atoms with E-state index in [2.05, 4.69) is 4.90 Å². The fourth-order valence-corrected chi connectivity index (χ4v) is 3.07. The molecule has 1 atom stereocenters. The molecule has 2 aromatic rings. The summed E-state index contributed by atoms with van der Waals surface area (Å²) in [6.45, 7) is 3.84. The molecule has 0 spiro atoms. The number of aromatic nitrogens is 2. The van der Waals surface area contributed by atoms with E-state index in [1.165, 1.54) is 0 Å². The van der Waals surface area contributed by atoms with E-state index in [9.17, 15) is 9.90 Å². The Balaban J connectivity index is 1.81. The fourth-order valence-electron chi connectivity index (χ4n) is 2.91. The predicted molar refractivity (Wildman–Crippen MR) is 85.5 cm³/mol. The average Bonchev–Trinajstić information content (AvgIpc) is 2.73. The van der Waals surface area contributed by atoms with Crippen LogP contribution in [0.5, 0.6) is 0 Å². The van der Waals surface area contributed by atoms with Crippen LogP contribution in [0, 0.1) is 0 Å². The van der Waals surface area contributed by atoms with Crippen molar-refractivity contribution in [3.8, 4) is 0 Å². The van der Waals surface area contributed by atoms with E-state index in [4.69, 9.17) is 16.3 Å². The predicted octanol–water partition coefficient (Wildman–Crippen LogP) is 0.686. The largest absolute Gasteiger partial charge is 0.390 e. The number of halogens is 1. The van der Waals surface area contributed by atoms with Crippen LogP contribution < -0.4 is 5.69 Å². The quantitative estimate of drug-likeness (QED) is 0.898. The Hall–Kier alpha value is -1.34. The van der Waals surface area contributed by atoms with Gasteiger partial charge in [0.05, 0.1) is 36.9 Å². The SMILES string of the molecule is Cn1c(=O)n(CC(O)CN2CCOCC2)c2ccc(Cl)cc21. The maximum absolute atomic E-state index is 12.4. The van der Waals surface area contributed by atoms with Crippen molar-refractivity contribution in [3.63, 3.8) is 0 Å². The number of aliphatic hydroxyl groups excluding tert-OH is 1. The van der Waals surface area contributed by atoms with Crippen molar-refractivity contribution in [1.82, 2.24) is 14.0 Å². The molecule has 0 saturated carbocycles. The molecular formula is C15H20ClN3O3. The van der Waals surface area contributed by atoms with Gasteiger partial charge in [-0.3, -0.25) is 14.0 Å². The molecule has 1 aromatic heterocycles. The number of rotatable bonds is 4. The van der Waals surface area contributed by atoms with Gasteiger partial charge in [0.2, 0.25) is 0 Å². The van der Waals surface area contributed by atoms with E-state index in [0.29, 0.717) is 24.8 Å². The van der Waals surface area contributed by atoms with Gasteiger partial charge in [-0.2, -0.15) is 0 Å². The summed E-state index contributed by atoms with van der Waals surface area (Å²) in [6.07, 6.45) is -0.600. The van der Waals surface area contributed by atoms with Gasteiger partial charge in [-0.05, 0) is 18.2 Å². The fraction of sp³-hybridized carbons (Fsp3) is 0.533. The van der Waals surface area contributed by atoms with Gasteiger partial charge >= 0.3 is 5.69 Å². The number of imidazole rings is 1. The molecule has 0 bridgehead atoms. The standard InChI is InChI=1S/C15H20ClN3O3/c1-17-14-8-11(16)2-3-13(14)19(15(17)21)10-12(20)9-18-4-6-22-7-5-18/h2-3,8,12,20H,4-7,9-10H2,1H3. The van der Waals surface area contributed by atoms with Crippen LogP contribution in [0.25, 0.3) is 11.0 Å². The first kappa shape index (κ1) is 15.6. The van der Waals surface area contributed by atoms with E-state index < -0.39 is 6.10 Å². The van der Waals surface area contributed by atoms with Crippen LogP contribution in [-0.4, -0.2) is 58.1 Å². The van der Waals surface area contributed by atoms with Crippen molar-refractivity contribution >= 4 is 22.6 Å². The van der Waals surface area contributed by atoms with E-state index in [1.807, 2.05) is 6.07 Å².